The van der Waals surface area contributed by atoms with Gasteiger partial charge in [-0.3, -0.25) is 4.79 Å². The molecule has 1 atom stereocenters. The van der Waals surface area contributed by atoms with Crippen LogP contribution in [0.2, 0.25) is 0 Å². The molecule has 0 saturated carbocycles. The molecule has 0 spiro atoms. The van der Waals surface area contributed by atoms with E-state index < -0.39 is 12.3 Å². The van der Waals surface area contributed by atoms with Crippen molar-refractivity contribution in [3.63, 3.8) is 0 Å². The summed E-state index contributed by atoms with van der Waals surface area (Å²) in [7, 11) is 0. The molecule has 0 fully saturated rings. The Morgan fingerprint density at radius 2 is 1.88 bits per heavy atom. The smallest absolute Gasteiger partial charge is 0.332 e. The van der Waals surface area contributed by atoms with Gasteiger partial charge in [-0.25, -0.2) is 4.79 Å². The summed E-state index contributed by atoms with van der Waals surface area (Å²) in [6, 6.07) is 12.9. The number of ketones is 1. The first-order valence-corrected chi connectivity index (χ1v) is 7.58. The van der Waals surface area contributed by atoms with E-state index >= 15 is 0 Å². The lowest BCUT2D eigenvalue weighted by Gasteiger charge is -2.12. The van der Waals surface area contributed by atoms with Crippen molar-refractivity contribution < 1.29 is 29.3 Å². The Bertz CT molecular complexity index is 754. The number of carbonyl (C=O) groups is 2. The molecular weight excluding hydrogens is 324 g/mol. The van der Waals surface area contributed by atoms with Crippen LogP contribution in [0.3, 0.4) is 0 Å². The molecule has 0 bridgehead atoms. The van der Waals surface area contributed by atoms with Crippen LogP contribution < -0.4 is 4.74 Å². The molecular formula is C19H18O6. The van der Waals surface area contributed by atoms with E-state index in [-0.39, 0.29) is 30.1 Å². The minimum Gasteiger partial charge on any atom is -0.507 e. The zero-order valence-electron chi connectivity index (χ0n) is 13.4. The molecule has 0 aliphatic rings. The highest BCUT2D eigenvalue weighted by molar-refractivity contribution is 6.10. The number of esters is 1. The summed E-state index contributed by atoms with van der Waals surface area (Å²) in [5, 5.41) is 19.5. The van der Waals surface area contributed by atoms with Crippen molar-refractivity contribution in [2.24, 2.45) is 0 Å². The number of phenols is 1. The minimum absolute atomic E-state index is 0.0467. The number of ether oxygens (including phenoxy) is 2. The molecule has 130 valence electrons. The molecule has 0 amide bonds. The van der Waals surface area contributed by atoms with E-state index in [2.05, 4.69) is 11.3 Å². The van der Waals surface area contributed by atoms with Crippen LogP contribution in [-0.4, -0.2) is 34.9 Å². The van der Waals surface area contributed by atoms with Crippen LogP contribution >= 0.6 is 0 Å². The second kappa shape index (κ2) is 8.65. The molecule has 0 aromatic heterocycles. The third kappa shape index (κ3) is 5.19. The predicted octanol–water partition coefficient (Wildman–Crippen LogP) is 2.44. The van der Waals surface area contributed by atoms with Crippen LogP contribution in [0.15, 0.2) is 61.2 Å². The van der Waals surface area contributed by atoms with Crippen LogP contribution in [0.4, 0.5) is 0 Å². The summed E-state index contributed by atoms with van der Waals surface area (Å²) >= 11 is 0. The average molecular weight is 342 g/mol. The number of benzene rings is 2. The molecule has 0 radical (unpaired) electrons. The summed E-state index contributed by atoms with van der Waals surface area (Å²) in [5.41, 5.74) is 0.636. The van der Waals surface area contributed by atoms with Gasteiger partial charge in [0.05, 0.1) is 12.2 Å². The second-order valence-corrected chi connectivity index (χ2v) is 5.11. The normalized spacial score (nSPS) is 11.4. The molecule has 2 aromatic carbocycles. The first kappa shape index (κ1) is 18.2. The van der Waals surface area contributed by atoms with Crippen molar-refractivity contribution in [2.45, 2.75) is 12.7 Å². The van der Waals surface area contributed by atoms with Crippen molar-refractivity contribution in [1.82, 2.24) is 0 Å². The number of rotatable bonds is 8. The largest absolute Gasteiger partial charge is 0.507 e. The Hall–Kier alpha value is -3.12. The third-order valence-corrected chi connectivity index (χ3v) is 3.30. The van der Waals surface area contributed by atoms with Crippen molar-refractivity contribution >= 4 is 11.8 Å². The van der Waals surface area contributed by atoms with Crippen molar-refractivity contribution in [1.29, 1.82) is 0 Å². The molecule has 2 aromatic rings. The number of aromatic hydroxyl groups is 1. The summed E-state index contributed by atoms with van der Waals surface area (Å²) < 4.78 is 9.95. The van der Waals surface area contributed by atoms with Crippen LogP contribution in [0.1, 0.15) is 22.3 Å². The lowest BCUT2D eigenvalue weighted by Crippen LogP contribution is -2.18. The fraction of sp³-hybridized carbons (Fsp3) is 0.158. The van der Waals surface area contributed by atoms with Crippen molar-refractivity contribution in [3.05, 3.63) is 72.3 Å². The summed E-state index contributed by atoms with van der Waals surface area (Å²) in [6.07, 6.45) is -0.312. The molecule has 1 unspecified atom stereocenters. The Labute approximate surface area is 144 Å². The molecule has 0 saturated heterocycles. The highest BCUT2D eigenvalue weighted by Gasteiger charge is 2.14. The van der Waals surface area contributed by atoms with E-state index in [9.17, 15) is 19.8 Å². The minimum atomic E-state index is -1.31. The van der Waals surface area contributed by atoms with E-state index in [1.807, 2.05) is 0 Å². The standard InChI is InChI=1S/C19H18O6/c1-2-17(21)25-18(22)10-11-24-14-8-9-15(16(20)12-14)19(23)13-6-4-3-5-7-13/h2-9,12,18,20,22H,1,10-11H2. The van der Waals surface area contributed by atoms with Gasteiger partial charge in [-0.1, -0.05) is 36.9 Å². The molecule has 0 heterocycles. The Balaban J connectivity index is 1.94. The first-order valence-electron chi connectivity index (χ1n) is 7.58. The van der Waals surface area contributed by atoms with E-state index in [1.165, 1.54) is 18.2 Å². The van der Waals surface area contributed by atoms with Gasteiger partial charge in [0.2, 0.25) is 6.29 Å². The van der Waals surface area contributed by atoms with Gasteiger partial charge in [-0.15, -0.1) is 0 Å². The molecule has 0 aliphatic carbocycles. The van der Waals surface area contributed by atoms with Crippen LogP contribution in [0.25, 0.3) is 0 Å². The van der Waals surface area contributed by atoms with Crippen LogP contribution in [0.5, 0.6) is 11.5 Å². The van der Waals surface area contributed by atoms with Gasteiger partial charge in [0.25, 0.3) is 0 Å². The Morgan fingerprint density at radius 1 is 1.16 bits per heavy atom. The fourth-order valence-electron chi connectivity index (χ4n) is 2.06. The van der Waals surface area contributed by atoms with Gasteiger partial charge in [-0.05, 0) is 12.1 Å². The summed E-state index contributed by atoms with van der Waals surface area (Å²) in [6.45, 7) is 3.28. The Morgan fingerprint density at radius 3 is 2.52 bits per heavy atom. The van der Waals surface area contributed by atoms with Crippen molar-refractivity contribution in [3.8, 4) is 11.5 Å². The van der Waals surface area contributed by atoms with Gasteiger partial charge < -0.3 is 19.7 Å². The predicted molar refractivity (Wildman–Crippen MR) is 90.4 cm³/mol. The molecule has 6 nitrogen and oxygen atoms in total. The molecule has 2 rings (SSSR count). The monoisotopic (exact) mass is 342 g/mol. The van der Waals surface area contributed by atoms with Gasteiger partial charge in [0.15, 0.2) is 5.78 Å². The van der Waals surface area contributed by atoms with E-state index in [1.54, 1.807) is 30.3 Å². The molecule has 25 heavy (non-hydrogen) atoms. The van der Waals surface area contributed by atoms with Crippen LogP contribution in [0, 0.1) is 0 Å². The van der Waals surface area contributed by atoms with Gasteiger partial charge in [0.1, 0.15) is 11.5 Å². The number of phenolic OH excluding ortho intramolecular Hbond substituents is 1. The lowest BCUT2D eigenvalue weighted by atomic mass is 10.0. The molecule has 6 heteroatoms. The Kier molecular flexibility index (Phi) is 6.31. The highest BCUT2D eigenvalue weighted by atomic mass is 16.6. The lowest BCUT2D eigenvalue weighted by molar-refractivity contribution is -0.163. The number of hydrogen-bond acceptors (Lipinski definition) is 6. The zero-order chi connectivity index (χ0) is 18.2. The summed E-state index contributed by atoms with van der Waals surface area (Å²) in [4.78, 5) is 23.2. The third-order valence-electron chi connectivity index (χ3n) is 3.30. The maximum atomic E-state index is 12.3. The van der Waals surface area contributed by atoms with Gasteiger partial charge in [-0.2, -0.15) is 0 Å². The first-order chi connectivity index (χ1) is 12.0. The van der Waals surface area contributed by atoms with Crippen molar-refractivity contribution in [2.75, 3.05) is 6.61 Å². The second-order valence-electron chi connectivity index (χ2n) is 5.11. The van der Waals surface area contributed by atoms with E-state index in [4.69, 9.17) is 4.74 Å². The SMILES string of the molecule is C=CC(=O)OC(O)CCOc1ccc(C(=O)c2ccccc2)c(O)c1. The quantitative estimate of drug-likeness (QED) is 0.331. The number of hydrogen-bond donors (Lipinski definition) is 2. The molecule has 2 N–H and O–H groups in total. The summed E-state index contributed by atoms with van der Waals surface area (Å²) in [5.74, 6) is -0.903. The van der Waals surface area contributed by atoms with E-state index in [0.717, 1.165) is 6.08 Å². The zero-order valence-corrected chi connectivity index (χ0v) is 13.4. The van der Waals surface area contributed by atoms with Crippen LogP contribution in [-0.2, 0) is 9.53 Å². The maximum Gasteiger partial charge on any atom is 0.332 e. The number of carbonyl (C=O) groups excluding carboxylic acids is 2. The molecule has 0 aliphatic heterocycles. The highest BCUT2D eigenvalue weighted by Crippen LogP contribution is 2.26. The van der Waals surface area contributed by atoms with E-state index in [0.29, 0.717) is 11.3 Å². The average Bonchev–Trinajstić information content (AvgIpc) is 2.62. The topological polar surface area (TPSA) is 93.1 Å². The maximum absolute atomic E-state index is 12.3. The van der Waals surface area contributed by atoms with Gasteiger partial charge >= 0.3 is 5.97 Å². The number of aliphatic hydroxyl groups excluding tert-OH is 1. The van der Waals surface area contributed by atoms with Gasteiger partial charge in [0, 0.05) is 24.1 Å². The fourth-order valence-corrected chi connectivity index (χ4v) is 2.06. The number of aliphatic hydroxyl groups is 1.